The van der Waals surface area contributed by atoms with Gasteiger partial charge in [0.25, 0.3) is 8.05 Å². The van der Waals surface area contributed by atoms with E-state index in [4.69, 9.17) is 9.39 Å². The maximum Gasteiger partial charge on any atom is 0.257 e. The largest absolute Gasteiger partial charge is 0.444 e. The van der Waals surface area contributed by atoms with E-state index >= 15 is 0 Å². The van der Waals surface area contributed by atoms with Crippen molar-refractivity contribution in [3.05, 3.63) is 0 Å². The van der Waals surface area contributed by atoms with Crippen LogP contribution in [0.1, 0.15) is 12.8 Å². The summed E-state index contributed by atoms with van der Waals surface area (Å²) in [5.41, 5.74) is 0. The van der Waals surface area contributed by atoms with E-state index in [9.17, 15) is 0 Å². The molecule has 0 aromatic heterocycles. The van der Waals surface area contributed by atoms with E-state index in [1.165, 1.54) is 0 Å². The van der Waals surface area contributed by atoms with Crippen molar-refractivity contribution in [1.82, 2.24) is 5.32 Å². The summed E-state index contributed by atoms with van der Waals surface area (Å²) in [6.07, 6.45) is 2.17. The van der Waals surface area contributed by atoms with Crippen LogP contribution >= 0.6 is 0 Å². The van der Waals surface area contributed by atoms with Crippen molar-refractivity contribution < 1.29 is 9.39 Å². The van der Waals surface area contributed by atoms with Gasteiger partial charge in [-0.15, -0.1) is 0 Å². The lowest BCUT2D eigenvalue weighted by atomic mass is 10.4. The number of methoxy groups -OCH3 is 1. The highest BCUT2D eigenvalue weighted by atomic mass is 16.5. The van der Waals surface area contributed by atoms with E-state index in [0.717, 1.165) is 39.1 Å². The van der Waals surface area contributed by atoms with Crippen molar-refractivity contribution >= 4 is 8.05 Å². The Kier molecular flexibility index (Phi) is 9.90. The van der Waals surface area contributed by atoms with Gasteiger partial charge in [0, 0.05) is 20.3 Å². The van der Waals surface area contributed by atoms with Gasteiger partial charge >= 0.3 is 0 Å². The Hall–Kier alpha value is -0.0551. The predicted molar refractivity (Wildman–Crippen MR) is 48.5 cm³/mol. The van der Waals surface area contributed by atoms with Crippen LogP contribution in [0.25, 0.3) is 0 Å². The average Bonchev–Trinajstić information content (AvgIpc) is 2.03. The minimum absolute atomic E-state index is 0.845. The summed E-state index contributed by atoms with van der Waals surface area (Å²) < 4.78 is 9.81. The van der Waals surface area contributed by atoms with E-state index in [1.54, 1.807) is 15.2 Å². The number of hydrogen-bond donors (Lipinski definition) is 1. The van der Waals surface area contributed by atoms with Crippen LogP contribution in [0.3, 0.4) is 0 Å². The van der Waals surface area contributed by atoms with E-state index in [1.807, 2.05) is 0 Å². The molecular formula is C7H18BNO2. The molecule has 11 heavy (non-hydrogen) atoms. The molecule has 0 radical (unpaired) electrons. The van der Waals surface area contributed by atoms with Gasteiger partial charge in [0.1, 0.15) is 0 Å². The Bertz CT molecular complexity index is 65.5. The molecule has 0 saturated carbocycles. The van der Waals surface area contributed by atoms with Gasteiger partial charge in [-0.3, -0.25) is 0 Å². The summed E-state index contributed by atoms with van der Waals surface area (Å²) in [4.78, 5) is 0. The van der Waals surface area contributed by atoms with Crippen molar-refractivity contribution in [3.63, 3.8) is 0 Å². The van der Waals surface area contributed by atoms with E-state index in [-0.39, 0.29) is 0 Å². The summed E-state index contributed by atoms with van der Waals surface area (Å²) in [6.45, 7) is 3.77. The second-order valence-electron chi connectivity index (χ2n) is 2.44. The molecule has 0 aromatic carbocycles. The normalized spacial score (nSPS) is 10.3. The molecule has 66 valence electrons. The zero-order chi connectivity index (χ0) is 8.36. The third kappa shape index (κ3) is 9.94. The van der Waals surface area contributed by atoms with E-state index < -0.39 is 0 Å². The van der Waals surface area contributed by atoms with Crippen LogP contribution in [0.2, 0.25) is 0 Å². The fourth-order valence-electron chi connectivity index (χ4n) is 0.808. The van der Waals surface area contributed by atoms with Gasteiger partial charge in [-0.2, -0.15) is 0 Å². The maximum absolute atomic E-state index is 4.90. The lowest BCUT2D eigenvalue weighted by Gasteiger charge is -2.03. The zero-order valence-electron chi connectivity index (χ0n) is 7.56. The quantitative estimate of drug-likeness (QED) is 0.385. The Balaban J connectivity index is 2.69. The van der Waals surface area contributed by atoms with Crippen LogP contribution in [0.4, 0.5) is 0 Å². The number of nitrogens with one attached hydrogen (secondary N) is 1. The van der Waals surface area contributed by atoms with Crippen LogP contribution in [-0.2, 0) is 9.39 Å². The summed E-state index contributed by atoms with van der Waals surface area (Å²) in [6, 6.07) is 0. The van der Waals surface area contributed by atoms with Gasteiger partial charge in [0.2, 0.25) is 0 Å². The molecule has 0 aromatic rings. The molecule has 0 saturated heterocycles. The molecule has 0 aliphatic carbocycles. The van der Waals surface area contributed by atoms with E-state index in [2.05, 4.69) is 5.32 Å². The average molecular weight is 159 g/mol. The molecule has 1 N–H and O–H groups in total. The van der Waals surface area contributed by atoms with Crippen LogP contribution in [-0.4, -0.2) is 41.5 Å². The van der Waals surface area contributed by atoms with Gasteiger partial charge in [-0.1, -0.05) is 0 Å². The Morgan fingerprint density at radius 3 is 2.36 bits per heavy atom. The highest BCUT2D eigenvalue weighted by Crippen LogP contribution is 1.79. The van der Waals surface area contributed by atoms with Crippen LogP contribution < -0.4 is 5.32 Å². The first-order valence-corrected chi connectivity index (χ1v) is 4.10. The van der Waals surface area contributed by atoms with Gasteiger partial charge in [0.05, 0.1) is 0 Å². The van der Waals surface area contributed by atoms with Crippen molar-refractivity contribution in [2.24, 2.45) is 0 Å². The first-order chi connectivity index (χ1) is 5.41. The Morgan fingerprint density at radius 2 is 1.82 bits per heavy atom. The molecule has 0 heterocycles. The highest BCUT2D eigenvalue weighted by Gasteiger charge is 1.87. The molecule has 0 aliphatic rings. The maximum atomic E-state index is 4.90. The number of rotatable bonds is 8. The molecule has 0 spiro atoms. The molecule has 0 rings (SSSR count). The lowest BCUT2D eigenvalue weighted by molar-refractivity contribution is 0.194. The molecule has 0 unspecified atom stereocenters. The van der Waals surface area contributed by atoms with Crippen molar-refractivity contribution in [2.75, 3.05) is 33.4 Å². The van der Waals surface area contributed by atoms with E-state index in [0.29, 0.717) is 0 Å². The topological polar surface area (TPSA) is 30.5 Å². The summed E-state index contributed by atoms with van der Waals surface area (Å²) in [5, 5.41) is 3.30. The molecule has 4 heteroatoms. The van der Waals surface area contributed by atoms with Crippen LogP contribution in [0.15, 0.2) is 0 Å². The van der Waals surface area contributed by atoms with Crippen molar-refractivity contribution in [1.29, 1.82) is 0 Å². The zero-order valence-corrected chi connectivity index (χ0v) is 7.56. The molecule has 3 nitrogen and oxygen atoms in total. The molecule has 0 fully saturated rings. The predicted octanol–water partition coefficient (Wildman–Crippen LogP) is -0.433. The van der Waals surface area contributed by atoms with Gasteiger partial charge in [0.15, 0.2) is 0 Å². The minimum atomic E-state index is 0.845. The fraction of sp³-hybridized carbons (Fsp3) is 1.00. The lowest BCUT2D eigenvalue weighted by Crippen LogP contribution is -2.19. The van der Waals surface area contributed by atoms with Crippen LogP contribution in [0.5, 0.6) is 0 Å². The second kappa shape index (κ2) is 9.94. The van der Waals surface area contributed by atoms with Gasteiger partial charge in [-0.25, -0.2) is 0 Å². The highest BCUT2D eigenvalue weighted by molar-refractivity contribution is 5.97. The Morgan fingerprint density at radius 1 is 1.18 bits per heavy atom. The van der Waals surface area contributed by atoms with Crippen molar-refractivity contribution in [2.45, 2.75) is 12.8 Å². The standard InChI is InChI=1S/C7H18BNO2/c1-10-6-2-4-9-5-3-7-11-8/h9H,2-8H2,1H3. The molecule has 0 atom stereocenters. The van der Waals surface area contributed by atoms with Crippen LogP contribution in [0, 0.1) is 0 Å². The summed E-state index contributed by atoms with van der Waals surface area (Å²) in [5.74, 6) is 0. The van der Waals surface area contributed by atoms with Gasteiger partial charge < -0.3 is 14.7 Å². The summed E-state index contributed by atoms with van der Waals surface area (Å²) in [7, 11) is 3.45. The SMILES string of the molecule is BOCCCNCCCOC. The summed E-state index contributed by atoms with van der Waals surface area (Å²) >= 11 is 0. The van der Waals surface area contributed by atoms with Gasteiger partial charge in [-0.05, 0) is 25.9 Å². The van der Waals surface area contributed by atoms with Crippen molar-refractivity contribution in [3.8, 4) is 0 Å². The molecule has 0 bridgehead atoms. The molecular weight excluding hydrogens is 141 g/mol. The second-order valence-corrected chi connectivity index (χ2v) is 2.44. The minimum Gasteiger partial charge on any atom is -0.444 e. The fourth-order valence-corrected chi connectivity index (χ4v) is 0.808. The first kappa shape index (κ1) is 10.9. The third-order valence-corrected chi connectivity index (χ3v) is 1.40. The number of ether oxygens (including phenoxy) is 1. The molecule has 0 aliphatic heterocycles. The Labute approximate surface area is 69.9 Å². The first-order valence-electron chi connectivity index (χ1n) is 4.10. The monoisotopic (exact) mass is 159 g/mol. The third-order valence-electron chi connectivity index (χ3n) is 1.40. The molecule has 0 amide bonds. The smallest absolute Gasteiger partial charge is 0.257 e. The number of hydrogen-bond acceptors (Lipinski definition) is 3.